The number of hydrogen-bond acceptors (Lipinski definition) is 0. The van der Waals surface area contributed by atoms with Gasteiger partial charge in [-0.25, -0.2) is 4.57 Å². The van der Waals surface area contributed by atoms with E-state index in [2.05, 4.69) is 42.1 Å². The van der Waals surface area contributed by atoms with Crippen molar-refractivity contribution in [1.29, 1.82) is 0 Å². The maximum atomic E-state index is 3.88. The smallest absolute Gasteiger partial charge is 0.168 e. The maximum absolute atomic E-state index is 3.88. The second-order valence-electron chi connectivity index (χ2n) is 5.15. The third-order valence-corrected chi connectivity index (χ3v) is 3.44. The lowest BCUT2D eigenvalue weighted by Gasteiger charge is -2.01. The van der Waals surface area contributed by atoms with Crippen molar-refractivity contribution >= 4 is 0 Å². The molecule has 1 rings (SSSR count). The van der Waals surface area contributed by atoms with E-state index in [1.807, 2.05) is 0 Å². The monoisotopic (exact) mass is 247 g/mol. The predicted molar refractivity (Wildman–Crippen MR) is 78.2 cm³/mol. The van der Waals surface area contributed by atoms with Gasteiger partial charge in [0.1, 0.15) is 6.54 Å². The molecular formula is C17H29N+. The summed E-state index contributed by atoms with van der Waals surface area (Å²) >= 11 is 0. The average molecular weight is 247 g/mol. The van der Waals surface area contributed by atoms with Gasteiger partial charge in [-0.3, -0.25) is 0 Å². The zero-order chi connectivity index (χ0) is 12.9. The van der Waals surface area contributed by atoms with Crippen molar-refractivity contribution in [3.05, 3.63) is 37.5 Å². The molecule has 1 aromatic heterocycles. The molecule has 0 unspecified atom stereocenters. The Balaban J connectivity index is 1.82. The van der Waals surface area contributed by atoms with Gasteiger partial charge in [0.15, 0.2) is 12.4 Å². The molecule has 1 heteroatoms. The Morgan fingerprint density at radius 3 is 1.67 bits per heavy atom. The number of hydrogen-bond donors (Lipinski definition) is 0. The van der Waals surface area contributed by atoms with E-state index in [0.29, 0.717) is 0 Å². The van der Waals surface area contributed by atoms with Gasteiger partial charge in [-0.1, -0.05) is 64.4 Å². The molecule has 1 heterocycles. The van der Waals surface area contributed by atoms with Crippen LogP contribution in [0.1, 0.15) is 64.2 Å². The molecule has 1 nitrogen and oxygen atoms in total. The van der Waals surface area contributed by atoms with Crippen LogP contribution in [-0.4, -0.2) is 0 Å². The molecule has 0 N–H and O–H groups in total. The molecule has 1 radical (unpaired) electrons. The quantitative estimate of drug-likeness (QED) is 0.394. The Kier molecular flexibility index (Phi) is 9.51. The number of rotatable bonds is 11. The predicted octanol–water partition coefficient (Wildman–Crippen LogP) is 4.71. The summed E-state index contributed by atoms with van der Waals surface area (Å²) in [5, 5.41) is 0. The van der Waals surface area contributed by atoms with Gasteiger partial charge in [0.25, 0.3) is 0 Å². The van der Waals surface area contributed by atoms with Crippen LogP contribution in [0.15, 0.2) is 30.6 Å². The fraction of sp³-hybridized carbons (Fsp3) is 0.647. The molecule has 0 saturated carbocycles. The van der Waals surface area contributed by atoms with Gasteiger partial charge in [-0.2, -0.15) is 0 Å². The largest absolute Gasteiger partial charge is 0.205 e. The highest BCUT2D eigenvalue weighted by atomic mass is 14.9. The Labute approximate surface area is 113 Å². The lowest BCUT2D eigenvalue weighted by Crippen LogP contribution is -2.32. The minimum Gasteiger partial charge on any atom is -0.205 e. The summed E-state index contributed by atoms with van der Waals surface area (Å²) in [5.74, 6) is 0. The van der Waals surface area contributed by atoms with Crippen LogP contribution in [0.4, 0.5) is 0 Å². The summed E-state index contributed by atoms with van der Waals surface area (Å²) in [4.78, 5) is 0. The Morgan fingerprint density at radius 2 is 1.11 bits per heavy atom. The average Bonchev–Trinajstić information content (AvgIpc) is 2.42. The summed E-state index contributed by atoms with van der Waals surface area (Å²) in [5.41, 5.74) is 0. The molecular weight excluding hydrogens is 218 g/mol. The van der Waals surface area contributed by atoms with Crippen molar-refractivity contribution in [2.75, 3.05) is 0 Å². The second-order valence-corrected chi connectivity index (χ2v) is 5.15. The molecule has 0 aliphatic rings. The molecule has 18 heavy (non-hydrogen) atoms. The van der Waals surface area contributed by atoms with Gasteiger partial charge < -0.3 is 0 Å². The molecule has 0 fully saturated rings. The van der Waals surface area contributed by atoms with Gasteiger partial charge in [0.05, 0.1) is 0 Å². The molecule has 1 aromatic rings. The summed E-state index contributed by atoms with van der Waals surface area (Å²) in [6.07, 6.45) is 17.9. The Hall–Kier alpha value is -0.850. The highest BCUT2D eigenvalue weighted by Gasteiger charge is 1.97. The van der Waals surface area contributed by atoms with Gasteiger partial charge >= 0.3 is 0 Å². The van der Waals surface area contributed by atoms with E-state index >= 15 is 0 Å². The van der Waals surface area contributed by atoms with Crippen LogP contribution in [0.3, 0.4) is 0 Å². The van der Waals surface area contributed by atoms with Crippen molar-refractivity contribution in [3.8, 4) is 0 Å². The SMILES string of the molecule is [CH2]CCCCCCCCCCC[n+]1ccccc1. The van der Waals surface area contributed by atoms with Crippen molar-refractivity contribution in [1.82, 2.24) is 0 Å². The number of pyridine rings is 1. The molecule has 0 aliphatic carbocycles. The lowest BCUT2D eigenvalue weighted by molar-refractivity contribution is -0.697. The highest BCUT2D eigenvalue weighted by Crippen LogP contribution is 2.10. The van der Waals surface area contributed by atoms with E-state index < -0.39 is 0 Å². The van der Waals surface area contributed by atoms with Crippen molar-refractivity contribution in [3.63, 3.8) is 0 Å². The van der Waals surface area contributed by atoms with E-state index in [1.54, 1.807) is 0 Å². The molecule has 0 atom stereocenters. The van der Waals surface area contributed by atoms with Crippen LogP contribution in [-0.2, 0) is 6.54 Å². The zero-order valence-corrected chi connectivity index (χ0v) is 11.8. The van der Waals surface area contributed by atoms with Gasteiger partial charge in [0.2, 0.25) is 0 Å². The summed E-state index contributed by atoms with van der Waals surface area (Å²) < 4.78 is 2.28. The van der Waals surface area contributed by atoms with Crippen LogP contribution < -0.4 is 4.57 Å². The van der Waals surface area contributed by atoms with Gasteiger partial charge in [-0.05, 0) is 6.42 Å². The lowest BCUT2D eigenvalue weighted by atomic mass is 10.1. The highest BCUT2D eigenvalue weighted by molar-refractivity contribution is 4.83. The number of unbranched alkanes of at least 4 members (excludes halogenated alkanes) is 9. The van der Waals surface area contributed by atoms with Crippen LogP contribution in [0, 0.1) is 6.92 Å². The zero-order valence-electron chi connectivity index (χ0n) is 11.8. The molecule has 0 saturated heterocycles. The van der Waals surface area contributed by atoms with Crippen LogP contribution >= 0.6 is 0 Å². The first-order chi connectivity index (χ1) is 8.93. The van der Waals surface area contributed by atoms with Crippen molar-refractivity contribution < 1.29 is 4.57 Å². The van der Waals surface area contributed by atoms with Crippen LogP contribution in [0.5, 0.6) is 0 Å². The topological polar surface area (TPSA) is 3.88 Å². The molecule has 0 bridgehead atoms. The first-order valence-electron chi connectivity index (χ1n) is 7.67. The molecule has 101 valence electrons. The first kappa shape index (κ1) is 15.2. The van der Waals surface area contributed by atoms with E-state index in [4.69, 9.17) is 0 Å². The fourth-order valence-corrected chi connectivity index (χ4v) is 2.29. The third-order valence-electron chi connectivity index (χ3n) is 3.44. The minimum absolute atomic E-state index is 1.11. The first-order valence-corrected chi connectivity index (χ1v) is 7.67. The normalized spacial score (nSPS) is 10.7. The number of aryl methyl sites for hydroxylation is 1. The van der Waals surface area contributed by atoms with Gasteiger partial charge in [-0.15, -0.1) is 0 Å². The van der Waals surface area contributed by atoms with Crippen LogP contribution in [0.2, 0.25) is 0 Å². The molecule has 0 amide bonds. The Morgan fingerprint density at radius 1 is 0.611 bits per heavy atom. The van der Waals surface area contributed by atoms with E-state index in [9.17, 15) is 0 Å². The molecule has 0 aliphatic heterocycles. The molecule has 0 spiro atoms. The fourth-order valence-electron chi connectivity index (χ4n) is 2.29. The maximum Gasteiger partial charge on any atom is 0.168 e. The van der Waals surface area contributed by atoms with E-state index in [1.165, 1.54) is 64.3 Å². The summed E-state index contributed by atoms with van der Waals surface area (Å²) in [6.45, 7) is 5.05. The summed E-state index contributed by atoms with van der Waals surface area (Å²) in [7, 11) is 0. The van der Waals surface area contributed by atoms with E-state index in [0.717, 1.165) is 6.42 Å². The van der Waals surface area contributed by atoms with Gasteiger partial charge in [0, 0.05) is 18.6 Å². The van der Waals surface area contributed by atoms with Crippen LogP contribution in [0.25, 0.3) is 0 Å². The summed E-state index contributed by atoms with van der Waals surface area (Å²) in [6, 6.07) is 6.28. The second kappa shape index (κ2) is 11.3. The Bertz CT molecular complexity index is 268. The third kappa shape index (κ3) is 8.27. The molecule has 0 aromatic carbocycles. The standard InChI is InChI=1S/C17H29N/c1-2-3-4-5-6-7-8-9-10-12-15-18-16-13-11-14-17-18/h11,13-14,16-17H,1-10,12,15H2/q+1. The minimum atomic E-state index is 1.11. The number of aromatic nitrogens is 1. The van der Waals surface area contributed by atoms with Crippen molar-refractivity contribution in [2.45, 2.75) is 70.8 Å². The van der Waals surface area contributed by atoms with Crippen molar-refractivity contribution in [2.24, 2.45) is 0 Å². The van der Waals surface area contributed by atoms with E-state index in [-0.39, 0.29) is 0 Å². The number of nitrogens with zero attached hydrogens (tertiary/aromatic N) is 1.